The van der Waals surface area contributed by atoms with Crippen LogP contribution >= 0.6 is 23.2 Å². The highest BCUT2D eigenvalue weighted by atomic mass is 35.5. The molecule has 1 aromatic carbocycles. The molecule has 0 aliphatic heterocycles. The van der Waals surface area contributed by atoms with Gasteiger partial charge < -0.3 is 4.18 Å². The molecule has 0 spiro atoms. The molecule has 2 rings (SSSR count). The maximum Gasteiger partial charge on any atom is 0.534 e. The standard InChI is InChI=1S/C13H9Cl2F3N2O4S/c1-2-8-10(6-21)19-20(11-4-3-7(14)5-9(11)15)12(8)24-25(22,23)13(16,17)18/h3-6H,2H2,1H3. The number of carbonyl (C=O) groups is 1. The van der Waals surface area contributed by atoms with Crippen molar-refractivity contribution in [2.75, 3.05) is 0 Å². The second-order valence-electron chi connectivity index (χ2n) is 4.63. The molecule has 0 atom stereocenters. The van der Waals surface area contributed by atoms with Crippen LogP contribution in [0.3, 0.4) is 0 Å². The molecule has 0 unspecified atom stereocenters. The molecule has 0 fully saturated rings. The summed E-state index contributed by atoms with van der Waals surface area (Å²) in [4.78, 5) is 11.1. The zero-order chi connectivity index (χ0) is 19.0. The van der Waals surface area contributed by atoms with Crippen molar-refractivity contribution in [2.45, 2.75) is 18.9 Å². The molecule has 0 saturated carbocycles. The van der Waals surface area contributed by atoms with E-state index in [1.807, 2.05) is 0 Å². The predicted molar refractivity (Wildman–Crippen MR) is 84.0 cm³/mol. The maximum atomic E-state index is 12.7. The molecule has 0 bridgehead atoms. The zero-order valence-electron chi connectivity index (χ0n) is 12.3. The van der Waals surface area contributed by atoms with Crippen LogP contribution in [0.4, 0.5) is 13.2 Å². The molecule has 0 aliphatic carbocycles. The van der Waals surface area contributed by atoms with Gasteiger partial charge in [0.15, 0.2) is 6.29 Å². The van der Waals surface area contributed by atoms with E-state index in [4.69, 9.17) is 23.2 Å². The van der Waals surface area contributed by atoms with Gasteiger partial charge in [-0.3, -0.25) is 4.79 Å². The average molecular weight is 417 g/mol. The number of rotatable bonds is 5. The summed E-state index contributed by atoms with van der Waals surface area (Å²) in [5, 5.41) is 3.99. The molecule has 12 heteroatoms. The van der Waals surface area contributed by atoms with E-state index >= 15 is 0 Å². The minimum atomic E-state index is -5.98. The molecule has 6 nitrogen and oxygen atoms in total. The van der Waals surface area contributed by atoms with Gasteiger partial charge >= 0.3 is 15.6 Å². The lowest BCUT2D eigenvalue weighted by Crippen LogP contribution is -2.29. The van der Waals surface area contributed by atoms with Gasteiger partial charge in [-0.15, -0.1) is 0 Å². The molecule has 1 heterocycles. The van der Waals surface area contributed by atoms with E-state index in [-0.39, 0.29) is 39.7 Å². The van der Waals surface area contributed by atoms with Crippen LogP contribution in [0, 0.1) is 0 Å². The Balaban J connectivity index is 2.73. The molecule has 0 radical (unpaired) electrons. The van der Waals surface area contributed by atoms with Gasteiger partial charge in [0.1, 0.15) is 5.69 Å². The topological polar surface area (TPSA) is 78.3 Å². The van der Waals surface area contributed by atoms with Crippen molar-refractivity contribution >= 4 is 39.6 Å². The molecule has 0 saturated heterocycles. The third-order valence-corrected chi connectivity index (χ3v) is 4.52. The predicted octanol–water partition coefficient (Wildman–Crippen LogP) is 3.78. The highest BCUT2D eigenvalue weighted by molar-refractivity contribution is 7.88. The van der Waals surface area contributed by atoms with E-state index in [0.717, 1.165) is 0 Å². The van der Waals surface area contributed by atoms with Crippen molar-refractivity contribution < 1.29 is 30.6 Å². The van der Waals surface area contributed by atoms with Crippen LogP contribution in [0.5, 0.6) is 5.88 Å². The summed E-state index contributed by atoms with van der Waals surface area (Å²) in [7, 11) is -5.98. The lowest BCUT2D eigenvalue weighted by atomic mass is 10.2. The third-order valence-electron chi connectivity index (χ3n) is 3.04. The molecular weight excluding hydrogens is 408 g/mol. The number of hydrogen-bond acceptors (Lipinski definition) is 5. The Kier molecular flexibility index (Phi) is 5.35. The van der Waals surface area contributed by atoms with E-state index in [9.17, 15) is 26.4 Å². The minimum Gasteiger partial charge on any atom is -0.355 e. The Morgan fingerprint density at radius 2 is 1.96 bits per heavy atom. The van der Waals surface area contributed by atoms with Crippen LogP contribution in [0.15, 0.2) is 18.2 Å². The Bertz CT molecular complexity index is 926. The third kappa shape index (κ3) is 3.75. The molecule has 0 aliphatic rings. The van der Waals surface area contributed by atoms with Crippen molar-refractivity contribution in [1.29, 1.82) is 0 Å². The van der Waals surface area contributed by atoms with Crippen molar-refractivity contribution in [3.05, 3.63) is 39.5 Å². The van der Waals surface area contributed by atoms with Gasteiger partial charge in [-0.25, -0.2) is 0 Å². The van der Waals surface area contributed by atoms with E-state index in [1.165, 1.54) is 25.1 Å². The zero-order valence-corrected chi connectivity index (χ0v) is 14.7. The van der Waals surface area contributed by atoms with Crippen molar-refractivity contribution in [3.63, 3.8) is 0 Å². The van der Waals surface area contributed by atoms with Crippen LogP contribution in [-0.2, 0) is 16.5 Å². The largest absolute Gasteiger partial charge is 0.534 e. The van der Waals surface area contributed by atoms with Gasteiger partial charge in [-0.2, -0.15) is 31.4 Å². The van der Waals surface area contributed by atoms with Gasteiger partial charge in [0.2, 0.25) is 5.88 Å². The molecule has 2 aromatic rings. The van der Waals surface area contributed by atoms with Crippen LogP contribution in [0.1, 0.15) is 23.0 Å². The number of alkyl halides is 3. The minimum absolute atomic E-state index is 0.0119. The van der Waals surface area contributed by atoms with Crippen molar-refractivity contribution in [3.8, 4) is 11.6 Å². The van der Waals surface area contributed by atoms with Crippen LogP contribution < -0.4 is 4.18 Å². The first kappa shape index (κ1) is 19.5. The average Bonchev–Trinajstić information content (AvgIpc) is 2.83. The highest BCUT2D eigenvalue weighted by Gasteiger charge is 2.49. The number of benzene rings is 1. The fourth-order valence-electron chi connectivity index (χ4n) is 1.93. The summed E-state index contributed by atoms with van der Waals surface area (Å²) < 4.78 is 65.7. The molecule has 0 N–H and O–H groups in total. The normalized spacial score (nSPS) is 12.2. The summed E-state index contributed by atoms with van der Waals surface area (Å²) in [6, 6.07) is 3.92. The fourth-order valence-corrected chi connectivity index (χ4v) is 2.89. The number of nitrogens with zero attached hydrogens (tertiary/aromatic N) is 2. The maximum absolute atomic E-state index is 12.7. The summed E-state index contributed by atoms with van der Waals surface area (Å²) in [5.41, 5.74) is -6.06. The number of halogens is 5. The van der Waals surface area contributed by atoms with Crippen LogP contribution in [0.2, 0.25) is 10.0 Å². The number of aromatic nitrogens is 2. The summed E-state index contributed by atoms with van der Waals surface area (Å²) in [6.45, 7) is 1.49. The summed E-state index contributed by atoms with van der Waals surface area (Å²) in [5.74, 6) is -0.772. The first-order valence-corrected chi connectivity index (χ1v) is 8.71. The lowest BCUT2D eigenvalue weighted by Gasteiger charge is -2.13. The van der Waals surface area contributed by atoms with Crippen molar-refractivity contribution in [1.82, 2.24) is 9.78 Å². The van der Waals surface area contributed by atoms with E-state index < -0.39 is 21.5 Å². The summed E-state index contributed by atoms with van der Waals surface area (Å²) >= 11 is 11.7. The highest BCUT2D eigenvalue weighted by Crippen LogP contribution is 2.34. The second-order valence-corrected chi connectivity index (χ2v) is 7.01. The molecule has 1 aromatic heterocycles. The monoisotopic (exact) mass is 416 g/mol. The Morgan fingerprint density at radius 1 is 1.32 bits per heavy atom. The lowest BCUT2D eigenvalue weighted by molar-refractivity contribution is -0.0502. The Hall–Kier alpha value is -1.78. The van der Waals surface area contributed by atoms with Crippen molar-refractivity contribution in [2.24, 2.45) is 0 Å². The Morgan fingerprint density at radius 3 is 2.44 bits per heavy atom. The Labute approximate surface area is 150 Å². The first-order valence-electron chi connectivity index (χ1n) is 6.55. The van der Waals surface area contributed by atoms with E-state index in [1.54, 1.807) is 0 Å². The van der Waals surface area contributed by atoms with Gasteiger partial charge in [0, 0.05) is 10.6 Å². The fraction of sp³-hybridized carbons (Fsp3) is 0.231. The quantitative estimate of drug-likeness (QED) is 0.421. The molecule has 136 valence electrons. The van der Waals surface area contributed by atoms with Gasteiger partial charge in [-0.1, -0.05) is 30.1 Å². The number of carbonyl (C=O) groups excluding carboxylic acids is 1. The summed E-state index contributed by atoms with van der Waals surface area (Å²) in [6.07, 6.45) is 0.258. The second kappa shape index (κ2) is 6.85. The number of hydrogen-bond donors (Lipinski definition) is 0. The first-order chi connectivity index (χ1) is 11.5. The van der Waals surface area contributed by atoms with E-state index in [0.29, 0.717) is 4.68 Å². The smallest absolute Gasteiger partial charge is 0.355 e. The molecular formula is C13H9Cl2F3N2O4S. The van der Waals surface area contributed by atoms with Crippen LogP contribution in [0.25, 0.3) is 5.69 Å². The van der Waals surface area contributed by atoms with Gasteiger partial charge in [0.05, 0.1) is 10.7 Å². The van der Waals surface area contributed by atoms with Gasteiger partial charge in [0.25, 0.3) is 0 Å². The SMILES string of the molecule is CCc1c(C=O)nn(-c2ccc(Cl)cc2Cl)c1OS(=O)(=O)C(F)(F)F. The van der Waals surface area contributed by atoms with E-state index in [2.05, 4.69) is 9.28 Å². The van der Waals surface area contributed by atoms with Crippen LogP contribution in [-0.4, -0.2) is 30.0 Å². The number of aldehydes is 1. The molecule has 0 amide bonds. The van der Waals surface area contributed by atoms with Gasteiger partial charge in [-0.05, 0) is 24.6 Å². The molecule has 25 heavy (non-hydrogen) atoms.